The lowest BCUT2D eigenvalue weighted by atomic mass is 10.1. The highest BCUT2D eigenvalue weighted by Gasteiger charge is 2.02. The van der Waals surface area contributed by atoms with E-state index in [9.17, 15) is 9.50 Å². The average Bonchev–Trinajstić information content (AvgIpc) is 2.09. The van der Waals surface area contributed by atoms with Crippen molar-refractivity contribution in [1.29, 1.82) is 0 Å². The number of hydrogen-bond donors (Lipinski definition) is 2. The molecule has 1 aromatic carbocycles. The second-order valence-electron chi connectivity index (χ2n) is 2.80. The Bertz CT molecular complexity index is 334. The second kappa shape index (κ2) is 4.05. The van der Waals surface area contributed by atoms with Crippen molar-refractivity contribution in [1.82, 2.24) is 0 Å². The molecule has 13 heavy (non-hydrogen) atoms. The van der Waals surface area contributed by atoms with Gasteiger partial charge in [0.25, 0.3) is 0 Å². The minimum absolute atomic E-state index is 0.0728. The molecular formula is C10H12FNO. The quantitative estimate of drug-likeness (QED) is 0.730. The van der Waals surface area contributed by atoms with Crippen LogP contribution in [0.4, 0.5) is 4.39 Å². The fourth-order valence-electron chi connectivity index (χ4n) is 1.01. The number of nitrogens with two attached hydrogens (primary N) is 1. The summed E-state index contributed by atoms with van der Waals surface area (Å²) in [6.45, 7) is 1.97. The van der Waals surface area contributed by atoms with Crippen LogP contribution in [0.25, 0.3) is 6.08 Å². The Morgan fingerprint density at radius 3 is 2.85 bits per heavy atom. The Morgan fingerprint density at radius 1 is 1.54 bits per heavy atom. The van der Waals surface area contributed by atoms with Gasteiger partial charge in [0.05, 0.1) is 0 Å². The molecule has 2 nitrogen and oxygen atoms in total. The first-order valence-electron chi connectivity index (χ1n) is 4.01. The third-order valence-corrected chi connectivity index (χ3v) is 1.74. The number of aromatic hydroxyl groups is 1. The summed E-state index contributed by atoms with van der Waals surface area (Å²) >= 11 is 0. The van der Waals surface area contributed by atoms with Crippen LogP contribution in [0.15, 0.2) is 18.2 Å². The van der Waals surface area contributed by atoms with Gasteiger partial charge in [-0.25, -0.2) is 4.39 Å². The van der Waals surface area contributed by atoms with Gasteiger partial charge in [0.2, 0.25) is 0 Å². The number of benzene rings is 1. The predicted molar refractivity (Wildman–Crippen MR) is 50.9 cm³/mol. The molecule has 0 heterocycles. The van der Waals surface area contributed by atoms with Crippen molar-refractivity contribution in [3.05, 3.63) is 35.2 Å². The number of halogens is 1. The van der Waals surface area contributed by atoms with E-state index in [2.05, 4.69) is 0 Å². The van der Waals surface area contributed by atoms with Crippen molar-refractivity contribution < 1.29 is 9.50 Å². The first-order chi connectivity index (χ1) is 6.15. The van der Waals surface area contributed by atoms with Gasteiger partial charge in [-0.1, -0.05) is 12.2 Å². The molecule has 1 rings (SSSR count). The van der Waals surface area contributed by atoms with Gasteiger partial charge < -0.3 is 10.8 Å². The average molecular weight is 181 g/mol. The van der Waals surface area contributed by atoms with Crippen molar-refractivity contribution in [3.8, 4) is 5.75 Å². The summed E-state index contributed by atoms with van der Waals surface area (Å²) in [5.41, 5.74) is 6.12. The lowest BCUT2D eigenvalue weighted by molar-refractivity contribution is 0.470. The number of phenolic OH excluding ortho intramolecular Hbond substituents is 1. The Labute approximate surface area is 76.5 Å². The Morgan fingerprint density at radius 2 is 2.23 bits per heavy atom. The third-order valence-electron chi connectivity index (χ3n) is 1.74. The molecule has 0 bridgehead atoms. The third kappa shape index (κ3) is 2.29. The van der Waals surface area contributed by atoms with Gasteiger partial charge in [0.1, 0.15) is 11.6 Å². The van der Waals surface area contributed by atoms with Gasteiger partial charge in [-0.15, -0.1) is 0 Å². The molecule has 1 aromatic rings. The van der Waals surface area contributed by atoms with Crippen molar-refractivity contribution in [2.45, 2.75) is 6.92 Å². The van der Waals surface area contributed by atoms with Gasteiger partial charge in [-0.05, 0) is 24.6 Å². The van der Waals surface area contributed by atoms with Crippen molar-refractivity contribution in [2.75, 3.05) is 6.54 Å². The van der Waals surface area contributed by atoms with Crippen LogP contribution >= 0.6 is 0 Å². The molecule has 3 N–H and O–H groups in total. The largest absolute Gasteiger partial charge is 0.507 e. The predicted octanol–water partition coefficient (Wildman–Crippen LogP) is 1.81. The van der Waals surface area contributed by atoms with Crippen LogP contribution in [0.3, 0.4) is 0 Å². The highest BCUT2D eigenvalue weighted by Crippen LogP contribution is 2.22. The molecule has 0 saturated heterocycles. The monoisotopic (exact) mass is 181 g/mol. The topological polar surface area (TPSA) is 46.2 Å². The highest BCUT2D eigenvalue weighted by molar-refractivity contribution is 5.57. The summed E-state index contributed by atoms with van der Waals surface area (Å²) in [6.07, 6.45) is 3.25. The smallest absolute Gasteiger partial charge is 0.126 e. The maximum atomic E-state index is 13.0. The van der Waals surface area contributed by atoms with Gasteiger partial charge >= 0.3 is 0 Å². The minimum Gasteiger partial charge on any atom is -0.507 e. The van der Waals surface area contributed by atoms with Crippen molar-refractivity contribution in [2.24, 2.45) is 5.73 Å². The molecule has 70 valence electrons. The van der Waals surface area contributed by atoms with Crippen LogP contribution < -0.4 is 5.73 Å². The lowest BCUT2D eigenvalue weighted by Gasteiger charge is -2.01. The normalized spacial score (nSPS) is 11.0. The van der Waals surface area contributed by atoms with Crippen LogP contribution in [0, 0.1) is 12.7 Å². The number of hydrogen-bond acceptors (Lipinski definition) is 2. The van der Waals surface area contributed by atoms with Gasteiger partial charge in [-0.3, -0.25) is 0 Å². The first-order valence-corrected chi connectivity index (χ1v) is 4.01. The van der Waals surface area contributed by atoms with Crippen LogP contribution in [-0.2, 0) is 0 Å². The lowest BCUT2D eigenvalue weighted by Crippen LogP contribution is -1.92. The molecule has 0 spiro atoms. The summed E-state index contributed by atoms with van der Waals surface area (Å²) in [5, 5.41) is 9.38. The number of rotatable bonds is 2. The van der Waals surface area contributed by atoms with E-state index in [4.69, 9.17) is 5.73 Å². The van der Waals surface area contributed by atoms with E-state index in [1.807, 2.05) is 0 Å². The molecule has 0 atom stereocenters. The SMILES string of the molecule is Cc1cc(O)c(/C=C/CN)cc1F. The van der Waals surface area contributed by atoms with Crippen molar-refractivity contribution >= 4 is 6.08 Å². The molecule has 0 radical (unpaired) electrons. The van der Waals surface area contributed by atoms with Gasteiger partial charge in [0, 0.05) is 12.1 Å². The minimum atomic E-state index is -0.325. The van der Waals surface area contributed by atoms with E-state index < -0.39 is 0 Å². The number of phenols is 1. The highest BCUT2D eigenvalue weighted by atomic mass is 19.1. The molecule has 0 unspecified atom stereocenters. The van der Waals surface area contributed by atoms with Crippen molar-refractivity contribution in [3.63, 3.8) is 0 Å². The molecule has 0 saturated carbocycles. The molecule has 0 fully saturated rings. The summed E-state index contributed by atoms with van der Waals surface area (Å²) in [7, 11) is 0. The zero-order valence-electron chi connectivity index (χ0n) is 7.42. The summed E-state index contributed by atoms with van der Waals surface area (Å²) in [4.78, 5) is 0. The van der Waals surface area contributed by atoms with E-state index in [0.29, 0.717) is 17.7 Å². The number of aryl methyl sites for hydroxylation is 1. The Balaban J connectivity index is 3.08. The molecule has 0 amide bonds. The maximum absolute atomic E-state index is 13.0. The van der Waals surface area contributed by atoms with E-state index >= 15 is 0 Å². The van der Waals surface area contributed by atoms with E-state index in [0.717, 1.165) is 0 Å². The molecule has 0 aliphatic carbocycles. The Hall–Kier alpha value is -1.35. The summed E-state index contributed by atoms with van der Waals surface area (Å²) < 4.78 is 13.0. The van der Waals surface area contributed by atoms with Crippen LogP contribution in [0.5, 0.6) is 5.75 Å². The van der Waals surface area contributed by atoms with Gasteiger partial charge in [0.15, 0.2) is 0 Å². The molecule has 0 aliphatic rings. The Kier molecular flexibility index (Phi) is 3.03. The standard InChI is InChI=1S/C10H12FNO/c1-7-5-10(13)8(3-2-4-12)6-9(7)11/h2-3,5-6,13H,4,12H2,1H3/b3-2+. The summed E-state index contributed by atoms with van der Waals surface area (Å²) in [5.74, 6) is -0.252. The molecule has 0 aromatic heterocycles. The van der Waals surface area contributed by atoms with Crippen LogP contribution in [0.1, 0.15) is 11.1 Å². The first kappa shape index (κ1) is 9.74. The molecule has 0 aliphatic heterocycles. The van der Waals surface area contributed by atoms with Crippen LogP contribution in [0.2, 0.25) is 0 Å². The van der Waals surface area contributed by atoms with Gasteiger partial charge in [-0.2, -0.15) is 0 Å². The summed E-state index contributed by atoms with van der Waals surface area (Å²) in [6, 6.07) is 2.68. The molecule has 3 heteroatoms. The zero-order chi connectivity index (χ0) is 9.84. The van der Waals surface area contributed by atoms with E-state index in [1.54, 1.807) is 19.1 Å². The van der Waals surface area contributed by atoms with Crippen LogP contribution in [-0.4, -0.2) is 11.7 Å². The maximum Gasteiger partial charge on any atom is 0.126 e. The fourth-order valence-corrected chi connectivity index (χ4v) is 1.01. The van der Waals surface area contributed by atoms with E-state index in [1.165, 1.54) is 12.1 Å². The zero-order valence-corrected chi connectivity index (χ0v) is 7.42. The second-order valence-corrected chi connectivity index (χ2v) is 2.80. The van der Waals surface area contributed by atoms with E-state index in [-0.39, 0.29) is 11.6 Å². The molecular weight excluding hydrogens is 169 g/mol. The fraction of sp³-hybridized carbons (Fsp3) is 0.200.